The minimum absolute atomic E-state index is 0.00347. The molecule has 6 rings (SSSR count). The highest BCUT2D eigenvalue weighted by molar-refractivity contribution is 6.35. The molecule has 3 aromatic carbocycles. The second-order valence-corrected chi connectivity index (χ2v) is 12.2. The number of rotatable bonds is 9. The van der Waals surface area contributed by atoms with Gasteiger partial charge >= 0.3 is 6.01 Å². The number of anilines is 1. The van der Waals surface area contributed by atoms with Crippen molar-refractivity contribution >= 4 is 45.0 Å². The van der Waals surface area contributed by atoms with Crippen molar-refractivity contribution in [3.05, 3.63) is 65.5 Å². The number of fused-ring (bicyclic) bond motifs is 2. The molecule has 3 heterocycles. The number of aromatic hydroxyl groups is 1. The van der Waals surface area contributed by atoms with Crippen molar-refractivity contribution in [1.82, 2.24) is 24.7 Å². The van der Waals surface area contributed by atoms with Crippen LogP contribution in [0.2, 0.25) is 5.02 Å². The predicted octanol–water partition coefficient (Wildman–Crippen LogP) is 4.43. The van der Waals surface area contributed by atoms with Crippen LogP contribution in [0.25, 0.3) is 32.8 Å². The molecule has 0 bridgehead atoms. The first kappa shape index (κ1) is 31.9. The number of morpholine rings is 1. The number of carbonyl (C=O) groups is 1. The smallest absolute Gasteiger partial charge is 0.319 e. The lowest BCUT2D eigenvalue weighted by Gasteiger charge is -2.35. The van der Waals surface area contributed by atoms with E-state index in [0.717, 1.165) is 23.9 Å². The number of benzene rings is 3. The standard InChI is InChI=1S/C34H38ClFN6O4/c1-39(2)9-5-8-29(44)41-10-12-42(13-11-41)33-27-22-28(35)30(26-21-24(43)20-23-6-3-4-7-25(23)26)31(36)32(27)37-34(38-33)46-19-16-40-14-17-45-18-15-40/h3-8,20-22,43H,9-19H2,1-2H3/b8-5+. The fourth-order valence-corrected chi connectivity index (χ4v) is 6.21. The Balaban J connectivity index is 1.35. The number of piperazine rings is 1. The Morgan fingerprint density at radius 2 is 1.83 bits per heavy atom. The second-order valence-electron chi connectivity index (χ2n) is 11.8. The Hall–Kier alpha value is -4.03. The molecule has 0 unspecified atom stereocenters. The van der Waals surface area contributed by atoms with Crippen LogP contribution < -0.4 is 9.64 Å². The molecule has 2 fully saturated rings. The van der Waals surface area contributed by atoms with Gasteiger partial charge in [-0.1, -0.05) is 41.9 Å². The number of phenolic OH excluding ortho intramolecular Hbond substituents is 1. The fourth-order valence-electron chi connectivity index (χ4n) is 5.91. The van der Waals surface area contributed by atoms with E-state index in [1.165, 1.54) is 6.07 Å². The Bertz CT molecular complexity index is 1760. The molecule has 12 heteroatoms. The second kappa shape index (κ2) is 14.2. The van der Waals surface area contributed by atoms with Crippen molar-refractivity contribution in [1.29, 1.82) is 0 Å². The summed E-state index contributed by atoms with van der Waals surface area (Å²) < 4.78 is 28.2. The van der Waals surface area contributed by atoms with E-state index in [9.17, 15) is 9.90 Å². The average Bonchev–Trinajstić information content (AvgIpc) is 3.05. The normalized spacial score (nSPS) is 16.3. The maximum absolute atomic E-state index is 16.7. The maximum Gasteiger partial charge on any atom is 0.319 e. The Morgan fingerprint density at radius 1 is 1.07 bits per heavy atom. The average molecular weight is 649 g/mol. The minimum Gasteiger partial charge on any atom is -0.508 e. The van der Waals surface area contributed by atoms with Gasteiger partial charge in [-0.15, -0.1) is 0 Å². The zero-order valence-corrected chi connectivity index (χ0v) is 26.8. The van der Waals surface area contributed by atoms with Crippen LogP contribution in [-0.2, 0) is 9.53 Å². The van der Waals surface area contributed by atoms with Crippen molar-refractivity contribution in [3.8, 4) is 22.9 Å². The highest BCUT2D eigenvalue weighted by Gasteiger charge is 2.27. The summed E-state index contributed by atoms with van der Waals surface area (Å²) in [7, 11) is 3.90. The Labute approximate surface area is 272 Å². The van der Waals surface area contributed by atoms with Gasteiger partial charge in [-0.05, 0) is 48.6 Å². The summed E-state index contributed by atoms with van der Waals surface area (Å²) in [4.78, 5) is 30.1. The van der Waals surface area contributed by atoms with Crippen molar-refractivity contribution in [3.63, 3.8) is 0 Å². The van der Waals surface area contributed by atoms with E-state index >= 15 is 4.39 Å². The number of ether oxygens (including phenoxy) is 2. The van der Waals surface area contributed by atoms with Gasteiger partial charge in [-0.3, -0.25) is 9.69 Å². The molecule has 1 N–H and O–H groups in total. The van der Waals surface area contributed by atoms with Crippen molar-refractivity contribution in [2.75, 3.05) is 91.2 Å². The fraction of sp³-hybridized carbons (Fsp3) is 0.382. The molecular formula is C34H38ClFN6O4. The summed E-state index contributed by atoms with van der Waals surface area (Å²) in [6.45, 7) is 6.58. The SMILES string of the molecule is CN(C)C/C=C/C(=O)N1CCN(c2nc(OCCN3CCOCC3)nc3c(F)c(-c4cc(O)cc5ccccc45)c(Cl)cc23)CC1. The number of hydrogen-bond acceptors (Lipinski definition) is 9. The molecular weight excluding hydrogens is 611 g/mol. The van der Waals surface area contributed by atoms with E-state index in [2.05, 4.69) is 9.88 Å². The zero-order chi connectivity index (χ0) is 32.2. The van der Waals surface area contributed by atoms with Crippen LogP contribution >= 0.6 is 11.6 Å². The third-order valence-corrected chi connectivity index (χ3v) is 8.62. The summed E-state index contributed by atoms with van der Waals surface area (Å²) in [6, 6.07) is 12.3. The molecule has 242 valence electrons. The number of carbonyl (C=O) groups excluding carboxylic acids is 1. The lowest BCUT2D eigenvalue weighted by molar-refractivity contribution is -0.126. The van der Waals surface area contributed by atoms with Crippen LogP contribution in [0.5, 0.6) is 11.8 Å². The molecule has 2 aliphatic rings. The minimum atomic E-state index is -0.625. The van der Waals surface area contributed by atoms with E-state index < -0.39 is 5.82 Å². The third kappa shape index (κ3) is 7.02. The van der Waals surface area contributed by atoms with Gasteiger partial charge in [0.2, 0.25) is 5.91 Å². The van der Waals surface area contributed by atoms with E-state index in [4.69, 9.17) is 26.1 Å². The van der Waals surface area contributed by atoms with Crippen molar-refractivity contribution in [2.24, 2.45) is 0 Å². The highest BCUT2D eigenvalue weighted by atomic mass is 35.5. The Morgan fingerprint density at radius 3 is 2.59 bits per heavy atom. The molecule has 4 aromatic rings. The van der Waals surface area contributed by atoms with E-state index in [0.29, 0.717) is 75.9 Å². The largest absolute Gasteiger partial charge is 0.508 e. The molecule has 46 heavy (non-hydrogen) atoms. The van der Waals surface area contributed by atoms with Gasteiger partial charge < -0.3 is 29.3 Å². The van der Waals surface area contributed by atoms with Gasteiger partial charge in [0, 0.05) is 69.4 Å². The number of hydrogen-bond donors (Lipinski definition) is 1. The molecule has 2 aliphatic heterocycles. The van der Waals surface area contributed by atoms with Gasteiger partial charge in [-0.2, -0.15) is 9.97 Å². The quantitative estimate of drug-likeness (QED) is 0.265. The molecule has 0 saturated carbocycles. The molecule has 0 aliphatic carbocycles. The van der Waals surface area contributed by atoms with E-state index in [1.54, 1.807) is 23.1 Å². The van der Waals surface area contributed by atoms with Crippen LogP contribution in [0.1, 0.15) is 0 Å². The highest BCUT2D eigenvalue weighted by Crippen LogP contribution is 2.42. The number of likely N-dealkylation sites (N-methyl/N-ethyl adjacent to an activating group) is 1. The molecule has 1 aromatic heterocycles. The van der Waals surface area contributed by atoms with Crippen LogP contribution in [0.15, 0.2) is 54.6 Å². The number of nitrogens with zero attached hydrogens (tertiary/aromatic N) is 6. The van der Waals surface area contributed by atoms with E-state index in [-0.39, 0.29) is 33.8 Å². The Kier molecular flexibility index (Phi) is 9.83. The molecule has 10 nitrogen and oxygen atoms in total. The summed E-state index contributed by atoms with van der Waals surface area (Å²) >= 11 is 6.84. The molecule has 2 saturated heterocycles. The molecule has 0 atom stereocenters. The van der Waals surface area contributed by atoms with E-state index in [1.807, 2.05) is 54.2 Å². The van der Waals surface area contributed by atoms with Gasteiger partial charge in [0.15, 0.2) is 5.82 Å². The number of aromatic nitrogens is 2. The molecule has 0 radical (unpaired) electrons. The van der Waals surface area contributed by atoms with Crippen LogP contribution in [0.4, 0.5) is 10.2 Å². The lowest BCUT2D eigenvalue weighted by atomic mass is 9.96. The summed E-state index contributed by atoms with van der Waals surface area (Å²) in [5.41, 5.74) is 0.679. The zero-order valence-electron chi connectivity index (χ0n) is 26.1. The number of phenols is 1. The predicted molar refractivity (Wildman–Crippen MR) is 178 cm³/mol. The first-order valence-electron chi connectivity index (χ1n) is 15.5. The number of halogens is 2. The van der Waals surface area contributed by atoms with Crippen molar-refractivity contribution < 1.29 is 23.8 Å². The topological polar surface area (TPSA) is 94.5 Å². The lowest BCUT2D eigenvalue weighted by Crippen LogP contribution is -2.48. The number of amides is 1. The van der Waals surface area contributed by atoms with Crippen LogP contribution in [0, 0.1) is 5.82 Å². The third-order valence-electron chi connectivity index (χ3n) is 8.32. The van der Waals surface area contributed by atoms with Gasteiger partial charge in [0.1, 0.15) is 23.7 Å². The summed E-state index contributed by atoms with van der Waals surface area (Å²) in [5.74, 6) is -0.170. The van der Waals surface area contributed by atoms with Crippen LogP contribution in [0.3, 0.4) is 0 Å². The monoisotopic (exact) mass is 648 g/mol. The van der Waals surface area contributed by atoms with Gasteiger partial charge in [0.05, 0.1) is 18.2 Å². The maximum atomic E-state index is 16.7. The molecule has 1 amide bonds. The van der Waals surface area contributed by atoms with Crippen molar-refractivity contribution in [2.45, 2.75) is 0 Å². The first-order chi connectivity index (χ1) is 22.3. The molecule has 0 spiro atoms. The van der Waals surface area contributed by atoms with Gasteiger partial charge in [-0.25, -0.2) is 4.39 Å². The summed E-state index contributed by atoms with van der Waals surface area (Å²) in [6.07, 6.45) is 3.46. The van der Waals surface area contributed by atoms with Crippen LogP contribution in [-0.4, -0.2) is 122 Å². The van der Waals surface area contributed by atoms with Gasteiger partial charge in [0.25, 0.3) is 0 Å². The summed E-state index contributed by atoms with van der Waals surface area (Å²) in [5, 5.41) is 12.6. The first-order valence-corrected chi connectivity index (χ1v) is 15.9.